The number of halogens is 1. The second-order valence-electron chi connectivity index (χ2n) is 2.65. The predicted molar refractivity (Wildman–Crippen MR) is 44.6 cm³/mol. The van der Waals surface area contributed by atoms with Crippen LogP contribution in [0.1, 0.15) is 32.6 Å². The molecule has 0 aromatic rings. The highest BCUT2D eigenvalue weighted by atomic mass is 79.9. The predicted octanol–water partition coefficient (Wildman–Crippen LogP) is 3.48. The minimum absolute atomic E-state index is 0.856. The minimum atomic E-state index is 0.856. The summed E-state index contributed by atoms with van der Waals surface area (Å²) in [4.78, 5) is 0. The summed E-state index contributed by atoms with van der Waals surface area (Å²) in [5.41, 5.74) is 0. The molecule has 1 fully saturated rings. The molecule has 0 aromatic heterocycles. The van der Waals surface area contributed by atoms with Crippen molar-refractivity contribution in [3.05, 3.63) is 10.6 Å². The Morgan fingerprint density at radius 2 is 2.00 bits per heavy atom. The summed E-state index contributed by atoms with van der Waals surface area (Å²) in [5, 5.41) is 0. The zero-order valence-electron chi connectivity index (χ0n) is 5.86. The highest BCUT2D eigenvalue weighted by molar-refractivity contribution is 9.11. The average molecular weight is 189 g/mol. The molecule has 9 heavy (non-hydrogen) atoms. The number of allylic oxidation sites excluding steroid dienone is 2. The lowest BCUT2D eigenvalue weighted by Crippen LogP contribution is -1.90. The van der Waals surface area contributed by atoms with Crippen LogP contribution in [0.15, 0.2) is 10.6 Å². The van der Waals surface area contributed by atoms with Crippen molar-refractivity contribution in [2.45, 2.75) is 32.6 Å². The van der Waals surface area contributed by atoms with Crippen molar-refractivity contribution in [1.29, 1.82) is 0 Å². The van der Waals surface area contributed by atoms with E-state index in [2.05, 4.69) is 28.9 Å². The molecule has 1 aliphatic carbocycles. The molecule has 0 saturated heterocycles. The first-order valence-corrected chi connectivity index (χ1v) is 4.45. The van der Waals surface area contributed by atoms with E-state index in [1.165, 1.54) is 30.2 Å². The number of hydrogen-bond acceptors (Lipinski definition) is 0. The van der Waals surface area contributed by atoms with Gasteiger partial charge in [0.05, 0.1) is 0 Å². The second kappa shape index (κ2) is 3.40. The summed E-state index contributed by atoms with van der Waals surface area (Å²) in [6, 6.07) is 0. The first-order chi connectivity index (χ1) is 4.34. The lowest BCUT2D eigenvalue weighted by molar-refractivity contribution is 0.676. The van der Waals surface area contributed by atoms with Crippen molar-refractivity contribution in [2.75, 3.05) is 0 Å². The molecule has 0 heterocycles. The van der Waals surface area contributed by atoms with Gasteiger partial charge in [0.15, 0.2) is 0 Å². The van der Waals surface area contributed by atoms with E-state index in [0.29, 0.717) is 0 Å². The molecule has 0 aliphatic heterocycles. The molecule has 0 unspecified atom stereocenters. The zero-order chi connectivity index (χ0) is 6.69. The van der Waals surface area contributed by atoms with E-state index in [0.717, 1.165) is 5.92 Å². The van der Waals surface area contributed by atoms with Crippen LogP contribution in [0.4, 0.5) is 0 Å². The van der Waals surface area contributed by atoms with Crippen LogP contribution < -0.4 is 0 Å². The summed E-state index contributed by atoms with van der Waals surface area (Å²) < 4.78 is 1.42. The van der Waals surface area contributed by atoms with E-state index < -0.39 is 0 Å². The quantitative estimate of drug-likeness (QED) is 0.592. The first-order valence-electron chi connectivity index (χ1n) is 3.66. The molecule has 0 N–H and O–H groups in total. The minimum Gasteiger partial charge on any atom is -0.0772 e. The number of rotatable bonds is 1. The average Bonchev–Trinajstić information content (AvgIpc) is 2.37. The van der Waals surface area contributed by atoms with Crippen LogP contribution in [-0.2, 0) is 0 Å². The SMILES string of the molecule is CC=C(Br)C1CCCC1. The molecular weight excluding hydrogens is 176 g/mol. The van der Waals surface area contributed by atoms with Crippen molar-refractivity contribution >= 4 is 15.9 Å². The van der Waals surface area contributed by atoms with Gasteiger partial charge in [-0.3, -0.25) is 0 Å². The van der Waals surface area contributed by atoms with Crippen molar-refractivity contribution < 1.29 is 0 Å². The monoisotopic (exact) mass is 188 g/mol. The Morgan fingerprint density at radius 1 is 1.44 bits per heavy atom. The Labute approximate surface area is 65.5 Å². The molecule has 0 bridgehead atoms. The van der Waals surface area contributed by atoms with Gasteiger partial charge in [0.1, 0.15) is 0 Å². The molecule has 0 nitrogen and oxygen atoms in total. The third-order valence-corrected chi connectivity index (χ3v) is 3.13. The van der Waals surface area contributed by atoms with E-state index in [1.54, 1.807) is 0 Å². The van der Waals surface area contributed by atoms with E-state index >= 15 is 0 Å². The largest absolute Gasteiger partial charge is 0.0772 e. The van der Waals surface area contributed by atoms with Gasteiger partial charge in [-0.25, -0.2) is 0 Å². The van der Waals surface area contributed by atoms with E-state index in [-0.39, 0.29) is 0 Å². The van der Waals surface area contributed by atoms with Crippen molar-refractivity contribution in [3.63, 3.8) is 0 Å². The maximum Gasteiger partial charge on any atom is -0.00610 e. The second-order valence-corrected chi connectivity index (χ2v) is 3.57. The van der Waals surface area contributed by atoms with Crippen LogP contribution in [0.25, 0.3) is 0 Å². The molecule has 0 amide bonds. The summed E-state index contributed by atoms with van der Waals surface area (Å²) in [6.45, 7) is 2.10. The van der Waals surface area contributed by atoms with Crippen LogP contribution in [0.2, 0.25) is 0 Å². The summed E-state index contributed by atoms with van der Waals surface area (Å²) in [7, 11) is 0. The highest BCUT2D eigenvalue weighted by Crippen LogP contribution is 2.33. The van der Waals surface area contributed by atoms with Crippen LogP contribution in [-0.4, -0.2) is 0 Å². The van der Waals surface area contributed by atoms with Crippen LogP contribution in [0, 0.1) is 5.92 Å². The fourth-order valence-electron chi connectivity index (χ4n) is 1.44. The smallest absolute Gasteiger partial charge is 0.00610 e. The molecule has 1 aliphatic rings. The Kier molecular flexibility index (Phi) is 2.77. The summed E-state index contributed by atoms with van der Waals surface area (Å²) in [5.74, 6) is 0.856. The summed E-state index contributed by atoms with van der Waals surface area (Å²) >= 11 is 3.56. The molecule has 52 valence electrons. The molecular formula is C8H13Br. The van der Waals surface area contributed by atoms with Gasteiger partial charge in [-0.05, 0) is 30.2 Å². The topological polar surface area (TPSA) is 0 Å². The molecule has 0 spiro atoms. The van der Waals surface area contributed by atoms with Crippen molar-refractivity contribution in [2.24, 2.45) is 5.92 Å². The third kappa shape index (κ3) is 1.82. The molecule has 1 heteroatoms. The molecule has 0 aromatic carbocycles. The molecule has 0 radical (unpaired) electrons. The standard InChI is InChI=1S/C8H13Br/c1-2-8(9)7-5-3-4-6-7/h2,7H,3-6H2,1H3. The van der Waals surface area contributed by atoms with Gasteiger partial charge >= 0.3 is 0 Å². The zero-order valence-corrected chi connectivity index (χ0v) is 7.45. The lowest BCUT2D eigenvalue weighted by Gasteiger charge is -2.04. The van der Waals surface area contributed by atoms with Gasteiger partial charge in [-0.15, -0.1) is 0 Å². The van der Waals surface area contributed by atoms with Gasteiger partial charge in [0, 0.05) is 0 Å². The fourth-order valence-corrected chi connectivity index (χ4v) is 1.90. The first kappa shape index (κ1) is 7.33. The highest BCUT2D eigenvalue weighted by Gasteiger charge is 2.16. The molecule has 1 saturated carbocycles. The van der Waals surface area contributed by atoms with Gasteiger partial charge in [0.2, 0.25) is 0 Å². The van der Waals surface area contributed by atoms with Gasteiger partial charge in [-0.2, -0.15) is 0 Å². The van der Waals surface area contributed by atoms with Crippen LogP contribution >= 0.6 is 15.9 Å². The molecule has 1 rings (SSSR count). The normalized spacial score (nSPS) is 23.1. The van der Waals surface area contributed by atoms with Crippen LogP contribution in [0.3, 0.4) is 0 Å². The van der Waals surface area contributed by atoms with Gasteiger partial charge in [0.25, 0.3) is 0 Å². The van der Waals surface area contributed by atoms with E-state index in [9.17, 15) is 0 Å². The van der Waals surface area contributed by atoms with Crippen LogP contribution in [0.5, 0.6) is 0 Å². The molecule has 0 atom stereocenters. The Bertz CT molecular complexity index is 110. The van der Waals surface area contributed by atoms with Crippen molar-refractivity contribution in [3.8, 4) is 0 Å². The third-order valence-electron chi connectivity index (χ3n) is 2.02. The van der Waals surface area contributed by atoms with E-state index in [4.69, 9.17) is 0 Å². The Hall–Kier alpha value is 0.220. The maximum absolute atomic E-state index is 3.56. The summed E-state index contributed by atoms with van der Waals surface area (Å²) in [6.07, 6.45) is 7.81. The van der Waals surface area contributed by atoms with Crippen molar-refractivity contribution in [1.82, 2.24) is 0 Å². The number of hydrogen-bond donors (Lipinski definition) is 0. The maximum atomic E-state index is 3.56. The fraction of sp³-hybridized carbons (Fsp3) is 0.750. The Balaban J connectivity index is 2.42. The Morgan fingerprint density at radius 3 is 2.44 bits per heavy atom. The van der Waals surface area contributed by atoms with E-state index in [1.807, 2.05) is 0 Å². The van der Waals surface area contributed by atoms with Gasteiger partial charge in [-0.1, -0.05) is 34.8 Å². The van der Waals surface area contributed by atoms with Gasteiger partial charge < -0.3 is 0 Å². The lowest BCUT2D eigenvalue weighted by atomic mass is 10.1.